The maximum absolute atomic E-state index is 12.1. The molecule has 1 N–H and O–H groups in total. The van der Waals surface area contributed by atoms with Crippen LogP contribution in [0.4, 0.5) is 0 Å². The van der Waals surface area contributed by atoms with Gasteiger partial charge in [-0.2, -0.15) is 0 Å². The van der Waals surface area contributed by atoms with E-state index in [2.05, 4.69) is 9.97 Å². The molecule has 0 aliphatic heterocycles. The summed E-state index contributed by atoms with van der Waals surface area (Å²) in [6, 6.07) is 10.7. The lowest BCUT2D eigenvalue weighted by Crippen LogP contribution is -2.04. The summed E-state index contributed by atoms with van der Waals surface area (Å²) in [5, 5.41) is 0.622. The van der Waals surface area contributed by atoms with Gasteiger partial charge in [-0.05, 0) is 24.3 Å². The van der Waals surface area contributed by atoms with Crippen molar-refractivity contribution in [2.45, 2.75) is 0 Å². The van der Waals surface area contributed by atoms with Gasteiger partial charge in [0, 0.05) is 35.1 Å². The molecule has 3 rings (SSSR count). The molecule has 0 bridgehead atoms. The topological polar surface area (TPSA) is 55.0 Å². The standard InChI is InChI=1S/C15H12N2O2/c1-19-14-4-2-3-11-13(18)9-12(17-15(11)14)10-5-7-16-8-6-10/h2-9H,1H3,(H,17,18). The second kappa shape index (κ2) is 4.57. The Bertz CT molecular complexity index is 779. The summed E-state index contributed by atoms with van der Waals surface area (Å²) in [5.41, 5.74) is 2.35. The van der Waals surface area contributed by atoms with Crippen LogP contribution in [0.2, 0.25) is 0 Å². The molecule has 0 amide bonds. The molecule has 94 valence electrons. The highest BCUT2D eigenvalue weighted by atomic mass is 16.5. The maximum Gasteiger partial charge on any atom is 0.190 e. The third-order valence-electron chi connectivity index (χ3n) is 3.04. The van der Waals surface area contributed by atoms with Gasteiger partial charge in [0.15, 0.2) is 5.43 Å². The maximum atomic E-state index is 12.1. The Hall–Kier alpha value is -2.62. The van der Waals surface area contributed by atoms with E-state index in [4.69, 9.17) is 4.74 Å². The Morgan fingerprint density at radius 1 is 1.16 bits per heavy atom. The third kappa shape index (κ3) is 1.97. The zero-order chi connectivity index (χ0) is 13.2. The Balaban J connectivity index is 2.33. The van der Waals surface area contributed by atoms with E-state index in [1.165, 1.54) is 0 Å². The highest BCUT2D eigenvalue weighted by molar-refractivity contribution is 5.86. The highest BCUT2D eigenvalue weighted by Crippen LogP contribution is 2.24. The number of nitrogens with zero attached hydrogens (tertiary/aromatic N) is 1. The van der Waals surface area contributed by atoms with E-state index >= 15 is 0 Å². The van der Waals surface area contributed by atoms with E-state index in [0.29, 0.717) is 16.7 Å². The molecule has 0 radical (unpaired) electrons. The van der Waals surface area contributed by atoms with Crippen LogP contribution in [-0.2, 0) is 0 Å². The van der Waals surface area contributed by atoms with Crippen molar-refractivity contribution < 1.29 is 4.74 Å². The summed E-state index contributed by atoms with van der Waals surface area (Å²) in [5.74, 6) is 0.658. The first-order valence-corrected chi connectivity index (χ1v) is 5.90. The van der Waals surface area contributed by atoms with Gasteiger partial charge in [0.1, 0.15) is 5.75 Å². The van der Waals surface area contributed by atoms with Crippen molar-refractivity contribution in [3.63, 3.8) is 0 Å². The number of hydrogen-bond acceptors (Lipinski definition) is 3. The van der Waals surface area contributed by atoms with Gasteiger partial charge >= 0.3 is 0 Å². The molecule has 0 fully saturated rings. The van der Waals surface area contributed by atoms with E-state index in [1.807, 2.05) is 24.3 Å². The number of ether oxygens (including phenoxy) is 1. The number of methoxy groups -OCH3 is 1. The number of para-hydroxylation sites is 1. The minimum absolute atomic E-state index is 0.0283. The molecule has 0 aliphatic carbocycles. The van der Waals surface area contributed by atoms with E-state index < -0.39 is 0 Å². The number of rotatable bonds is 2. The second-order valence-corrected chi connectivity index (χ2v) is 4.17. The van der Waals surface area contributed by atoms with Crippen LogP contribution in [0.3, 0.4) is 0 Å². The summed E-state index contributed by atoms with van der Waals surface area (Å²) in [7, 11) is 1.59. The molecule has 3 aromatic rings. The highest BCUT2D eigenvalue weighted by Gasteiger charge is 2.07. The zero-order valence-electron chi connectivity index (χ0n) is 10.4. The predicted molar refractivity (Wildman–Crippen MR) is 74.4 cm³/mol. The SMILES string of the molecule is COc1cccc2c(=O)cc(-c3ccncc3)[nH]c12. The molecule has 4 heteroatoms. The Morgan fingerprint density at radius 2 is 1.95 bits per heavy atom. The molecular weight excluding hydrogens is 240 g/mol. The monoisotopic (exact) mass is 252 g/mol. The summed E-state index contributed by atoms with van der Waals surface area (Å²) < 4.78 is 5.29. The van der Waals surface area contributed by atoms with Crippen molar-refractivity contribution in [2.24, 2.45) is 0 Å². The number of fused-ring (bicyclic) bond motifs is 1. The number of benzene rings is 1. The Labute approximate surface area is 109 Å². The van der Waals surface area contributed by atoms with Crippen LogP contribution in [-0.4, -0.2) is 17.1 Å². The number of H-pyrrole nitrogens is 1. The minimum atomic E-state index is -0.0283. The van der Waals surface area contributed by atoms with Crippen molar-refractivity contribution in [1.82, 2.24) is 9.97 Å². The Kier molecular flexibility index (Phi) is 2.76. The van der Waals surface area contributed by atoms with Crippen LogP contribution in [0.1, 0.15) is 0 Å². The third-order valence-corrected chi connectivity index (χ3v) is 3.04. The van der Waals surface area contributed by atoms with Gasteiger partial charge in [-0.3, -0.25) is 9.78 Å². The van der Waals surface area contributed by atoms with Crippen LogP contribution >= 0.6 is 0 Å². The average Bonchev–Trinajstić information content (AvgIpc) is 2.47. The fourth-order valence-electron chi connectivity index (χ4n) is 2.10. The molecule has 0 aliphatic rings. The molecule has 0 saturated heterocycles. The number of pyridine rings is 2. The van der Waals surface area contributed by atoms with Gasteiger partial charge in [0.05, 0.1) is 12.6 Å². The van der Waals surface area contributed by atoms with Crippen molar-refractivity contribution in [2.75, 3.05) is 7.11 Å². The van der Waals surface area contributed by atoms with Crippen molar-refractivity contribution in [3.05, 3.63) is 59.0 Å². The molecule has 0 saturated carbocycles. The quantitative estimate of drug-likeness (QED) is 0.762. The van der Waals surface area contributed by atoms with Gasteiger partial charge < -0.3 is 9.72 Å². The number of nitrogens with one attached hydrogen (secondary N) is 1. The first-order chi connectivity index (χ1) is 9.29. The molecule has 0 atom stereocenters. The summed E-state index contributed by atoms with van der Waals surface area (Å²) >= 11 is 0. The molecule has 0 unspecified atom stereocenters. The molecule has 2 aromatic heterocycles. The molecule has 0 spiro atoms. The lowest BCUT2D eigenvalue weighted by atomic mass is 10.1. The molecular formula is C15H12N2O2. The minimum Gasteiger partial charge on any atom is -0.495 e. The average molecular weight is 252 g/mol. The number of aromatic amines is 1. The summed E-state index contributed by atoms with van der Waals surface area (Å²) in [6.07, 6.45) is 3.39. The number of hydrogen-bond donors (Lipinski definition) is 1. The largest absolute Gasteiger partial charge is 0.495 e. The lowest BCUT2D eigenvalue weighted by molar-refractivity contribution is 0.419. The van der Waals surface area contributed by atoms with Crippen LogP contribution in [0.25, 0.3) is 22.2 Å². The Morgan fingerprint density at radius 3 is 2.68 bits per heavy atom. The van der Waals surface area contributed by atoms with Crippen LogP contribution in [0, 0.1) is 0 Å². The van der Waals surface area contributed by atoms with Crippen molar-refractivity contribution >= 4 is 10.9 Å². The first kappa shape index (κ1) is 11.5. The second-order valence-electron chi connectivity index (χ2n) is 4.17. The van der Waals surface area contributed by atoms with Gasteiger partial charge in [0.25, 0.3) is 0 Å². The zero-order valence-corrected chi connectivity index (χ0v) is 10.4. The smallest absolute Gasteiger partial charge is 0.190 e. The van der Waals surface area contributed by atoms with Crippen molar-refractivity contribution in [3.8, 4) is 17.0 Å². The number of aromatic nitrogens is 2. The van der Waals surface area contributed by atoms with Gasteiger partial charge in [0.2, 0.25) is 0 Å². The first-order valence-electron chi connectivity index (χ1n) is 5.90. The lowest BCUT2D eigenvalue weighted by Gasteiger charge is -2.08. The molecule has 2 heterocycles. The van der Waals surface area contributed by atoms with Crippen LogP contribution < -0.4 is 10.2 Å². The molecule has 1 aromatic carbocycles. The predicted octanol–water partition coefficient (Wildman–Crippen LogP) is 2.60. The van der Waals surface area contributed by atoms with E-state index in [0.717, 1.165) is 11.3 Å². The van der Waals surface area contributed by atoms with Gasteiger partial charge in [-0.25, -0.2) is 0 Å². The normalized spacial score (nSPS) is 10.6. The summed E-state index contributed by atoms with van der Waals surface area (Å²) in [6.45, 7) is 0. The van der Waals surface area contributed by atoms with Crippen LogP contribution in [0.5, 0.6) is 5.75 Å². The fourth-order valence-corrected chi connectivity index (χ4v) is 2.10. The molecule has 4 nitrogen and oxygen atoms in total. The summed E-state index contributed by atoms with van der Waals surface area (Å²) in [4.78, 5) is 19.4. The molecule has 19 heavy (non-hydrogen) atoms. The van der Waals surface area contributed by atoms with Gasteiger partial charge in [-0.15, -0.1) is 0 Å². The van der Waals surface area contributed by atoms with Crippen molar-refractivity contribution in [1.29, 1.82) is 0 Å². The van der Waals surface area contributed by atoms with E-state index in [-0.39, 0.29) is 5.43 Å². The van der Waals surface area contributed by atoms with Gasteiger partial charge in [-0.1, -0.05) is 6.07 Å². The van der Waals surface area contributed by atoms with Crippen LogP contribution in [0.15, 0.2) is 53.6 Å². The fraction of sp³-hybridized carbons (Fsp3) is 0.0667. The van der Waals surface area contributed by atoms with E-state index in [9.17, 15) is 4.79 Å². The van der Waals surface area contributed by atoms with E-state index in [1.54, 1.807) is 31.6 Å².